The Morgan fingerprint density at radius 1 is 1.14 bits per heavy atom. The lowest BCUT2D eigenvalue weighted by molar-refractivity contribution is -0.115. The minimum absolute atomic E-state index is 0.0640. The second kappa shape index (κ2) is 7.29. The highest BCUT2D eigenvalue weighted by Crippen LogP contribution is 2.34. The first-order valence-electron chi connectivity index (χ1n) is 9.25. The summed E-state index contributed by atoms with van der Waals surface area (Å²) in [6.45, 7) is 2.29. The molecule has 2 aromatic carbocycles. The van der Waals surface area contributed by atoms with Gasteiger partial charge in [-0.2, -0.15) is 0 Å². The van der Waals surface area contributed by atoms with Crippen molar-refractivity contribution in [2.75, 3.05) is 17.9 Å². The van der Waals surface area contributed by atoms with Crippen LogP contribution in [0.2, 0.25) is 0 Å². The lowest BCUT2D eigenvalue weighted by Crippen LogP contribution is -2.12. The highest BCUT2D eigenvalue weighted by Gasteiger charge is 2.15. The number of benzene rings is 2. The van der Waals surface area contributed by atoms with E-state index in [1.165, 1.54) is 22.7 Å². The summed E-state index contributed by atoms with van der Waals surface area (Å²) in [6.07, 6.45) is 0.359. The van der Waals surface area contributed by atoms with Gasteiger partial charge in [0, 0.05) is 29.3 Å². The number of amides is 1. The molecule has 146 valence electrons. The second-order valence-electron chi connectivity index (χ2n) is 6.74. The number of carbonyl (C=O) groups is 1. The number of nitrogens with one attached hydrogen (secondary N) is 1. The summed E-state index contributed by atoms with van der Waals surface area (Å²) >= 11 is 1.52. The van der Waals surface area contributed by atoms with Gasteiger partial charge in [-0.1, -0.05) is 30.0 Å². The van der Waals surface area contributed by atoms with Gasteiger partial charge in [0.1, 0.15) is 0 Å². The number of hydrogen-bond donors (Lipinski definition) is 1. The van der Waals surface area contributed by atoms with E-state index in [-0.39, 0.29) is 12.7 Å². The molecule has 1 aliphatic heterocycles. The molecule has 0 saturated carbocycles. The Balaban J connectivity index is 1.27. The molecule has 0 bridgehead atoms. The number of fused-ring (bicyclic) bond motifs is 4. The first-order valence-corrected chi connectivity index (χ1v) is 10.2. The maximum Gasteiger partial charge on any atom is 0.231 e. The van der Waals surface area contributed by atoms with Gasteiger partial charge in [0.25, 0.3) is 0 Å². The highest BCUT2D eigenvalue weighted by atomic mass is 32.2. The molecular formula is C21H18N4O3S. The number of nitrogens with zero attached hydrogens (tertiary/aromatic N) is 3. The van der Waals surface area contributed by atoms with Gasteiger partial charge in [0.05, 0.1) is 5.52 Å². The summed E-state index contributed by atoms with van der Waals surface area (Å²) in [6, 6.07) is 15.6. The van der Waals surface area contributed by atoms with Crippen molar-refractivity contribution >= 4 is 39.9 Å². The number of carbonyl (C=O) groups excluding carboxylic acids is 1. The molecule has 1 aliphatic rings. The van der Waals surface area contributed by atoms with E-state index in [0.717, 1.165) is 16.3 Å². The van der Waals surface area contributed by atoms with Crippen molar-refractivity contribution in [3.8, 4) is 11.5 Å². The molecule has 29 heavy (non-hydrogen) atoms. The normalized spacial score (nSPS) is 12.6. The van der Waals surface area contributed by atoms with Crippen LogP contribution in [0.15, 0.2) is 53.7 Å². The predicted molar refractivity (Wildman–Crippen MR) is 112 cm³/mol. The molecule has 4 aromatic rings. The molecule has 0 saturated heterocycles. The average Bonchev–Trinajstić information content (AvgIpc) is 3.35. The van der Waals surface area contributed by atoms with Crippen LogP contribution in [0.25, 0.3) is 16.6 Å². The average molecular weight is 406 g/mol. The minimum Gasteiger partial charge on any atom is -0.454 e. The van der Waals surface area contributed by atoms with Crippen LogP contribution in [0.1, 0.15) is 12.0 Å². The molecule has 7 nitrogen and oxygen atoms in total. The standard InChI is InChI=1S/C21H18N4O3S/c1-13-10-19-23-24-21(25(19)16-5-3-2-4-15(13)16)29-9-8-20(26)22-14-6-7-17-18(11-14)28-12-27-17/h2-7,10-11H,8-9,12H2,1H3,(H,22,26). The van der Waals surface area contributed by atoms with E-state index in [4.69, 9.17) is 9.47 Å². The predicted octanol–water partition coefficient (Wildman–Crippen LogP) is 4.04. The Hall–Kier alpha value is -3.26. The summed E-state index contributed by atoms with van der Waals surface area (Å²) in [7, 11) is 0. The summed E-state index contributed by atoms with van der Waals surface area (Å²) < 4.78 is 12.7. The van der Waals surface area contributed by atoms with Crippen LogP contribution in [0.4, 0.5) is 5.69 Å². The van der Waals surface area contributed by atoms with Gasteiger partial charge in [-0.25, -0.2) is 0 Å². The zero-order chi connectivity index (χ0) is 19.8. The molecule has 0 aliphatic carbocycles. The van der Waals surface area contributed by atoms with Crippen LogP contribution in [-0.4, -0.2) is 33.1 Å². The topological polar surface area (TPSA) is 77.8 Å². The largest absolute Gasteiger partial charge is 0.454 e. The van der Waals surface area contributed by atoms with Gasteiger partial charge >= 0.3 is 0 Å². The number of thioether (sulfide) groups is 1. The molecule has 8 heteroatoms. The lowest BCUT2D eigenvalue weighted by atomic mass is 10.1. The van der Waals surface area contributed by atoms with Gasteiger partial charge in [0.2, 0.25) is 12.7 Å². The van der Waals surface area contributed by atoms with E-state index in [0.29, 0.717) is 29.4 Å². The molecule has 0 atom stereocenters. The zero-order valence-electron chi connectivity index (χ0n) is 15.7. The van der Waals surface area contributed by atoms with Crippen molar-refractivity contribution in [2.45, 2.75) is 18.5 Å². The number of ether oxygens (including phenoxy) is 2. The lowest BCUT2D eigenvalue weighted by Gasteiger charge is -2.08. The van der Waals surface area contributed by atoms with Crippen LogP contribution in [0.5, 0.6) is 11.5 Å². The summed E-state index contributed by atoms with van der Waals surface area (Å²) in [4.78, 5) is 12.3. The van der Waals surface area contributed by atoms with Gasteiger partial charge < -0.3 is 14.8 Å². The van der Waals surface area contributed by atoms with E-state index >= 15 is 0 Å². The Morgan fingerprint density at radius 2 is 2.00 bits per heavy atom. The minimum atomic E-state index is -0.0640. The van der Waals surface area contributed by atoms with Gasteiger partial charge in [-0.05, 0) is 36.8 Å². The van der Waals surface area contributed by atoms with Crippen LogP contribution in [-0.2, 0) is 4.79 Å². The van der Waals surface area contributed by atoms with E-state index in [1.54, 1.807) is 18.2 Å². The van der Waals surface area contributed by atoms with Crippen LogP contribution in [0, 0.1) is 6.92 Å². The number of aryl methyl sites for hydroxylation is 1. The van der Waals surface area contributed by atoms with Crippen LogP contribution in [0.3, 0.4) is 0 Å². The molecule has 5 rings (SSSR count). The van der Waals surface area contributed by atoms with Crippen molar-refractivity contribution in [1.29, 1.82) is 0 Å². The van der Waals surface area contributed by atoms with Crippen molar-refractivity contribution in [3.05, 3.63) is 54.1 Å². The molecule has 1 N–H and O–H groups in total. The third-order valence-electron chi connectivity index (χ3n) is 4.79. The molecule has 0 fully saturated rings. The summed E-state index contributed by atoms with van der Waals surface area (Å²) in [5.74, 6) is 1.87. The molecule has 3 heterocycles. The fourth-order valence-electron chi connectivity index (χ4n) is 3.40. The fourth-order valence-corrected chi connectivity index (χ4v) is 4.29. The highest BCUT2D eigenvalue weighted by molar-refractivity contribution is 7.99. The Bertz CT molecular complexity index is 1240. The number of pyridine rings is 1. The summed E-state index contributed by atoms with van der Waals surface area (Å²) in [5, 5.41) is 13.5. The van der Waals surface area contributed by atoms with Crippen molar-refractivity contribution < 1.29 is 14.3 Å². The quantitative estimate of drug-likeness (QED) is 0.504. The molecular weight excluding hydrogens is 388 g/mol. The van der Waals surface area contributed by atoms with Crippen LogP contribution >= 0.6 is 11.8 Å². The molecule has 0 unspecified atom stereocenters. The smallest absolute Gasteiger partial charge is 0.231 e. The third-order valence-corrected chi connectivity index (χ3v) is 5.72. The van der Waals surface area contributed by atoms with Gasteiger partial charge in [-0.3, -0.25) is 9.20 Å². The molecule has 0 radical (unpaired) electrons. The maximum absolute atomic E-state index is 12.3. The third kappa shape index (κ3) is 3.36. The monoisotopic (exact) mass is 406 g/mol. The number of aromatic nitrogens is 3. The second-order valence-corrected chi connectivity index (χ2v) is 7.80. The first kappa shape index (κ1) is 17.8. The molecule has 1 amide bonds. The van der Waals surface area contributed by atoms with E-state index in [9.17, 15) is 4.79 Å². The van der Waals surface area contributed by atoms with E-state index in [1.807, 2.05) is 22.6 Å². The zero-order valence-corrected chi connectivity index (χ0v) is 16.5. The van der Waals surface area contributed by atoms with Crippen LogP contribution < -0.4 is 14.8 Å². The SMILES string of the molecule is Cc1cc2nnc(SCCC(=O)Nc3ccc4c(c3)OCO4)n2c2ccccc12. The van der Waals surface area contributed by atoms with Crippen molar-refractivity contribution in [3.63, 3.8) is 0 Å². The number of para-hydroxylation sites is 1. The van der Waals surface area contributed by atoms with Crippen molar-refractivity contribution in [2.24, 2.45) is 0 Å². The van der Waals surface area contributed by atoms with Gasteiger partial charge in [-0.15, -0.1) is 10.2 Å². The Kier molecular flexibility index (Phi) is 4.48. The molecule has 0 spiro atoms. The summed E-state index contributed by atoms with van der Waals surface area (Å²) in [5.41, 5.74) is 3.74. The Morgan fingerprint density at radius 3 is 2.93 bits per heavy atom. The molecule has 2 aromatic heterocycles. The fraction of sp³-hybridized carbons (Fsp3) is 0.190. The maximum atomic E-state index is 12.3. The number of anilines is 1. The number of hydrogen-bond acceptors (Lipinski definition) is 6. The van der Waals surface area contributed by atoms with Crippen molar-refractivity contribution in [1.82, 2.24) is 14.6 Å². The van der Waals surface area contributed by atoms with E-state index in [2.05, 4.69) is 34.6 Å². The Labute approximate surface area is 171 Å². The van der Waals surface area contributed by atoms with E-state index < -0.39 is 0 Å². The first-order chi connectivity index (χ1) is 14.2. The number of rotatable bonds is 5. The van der Waals surface area contributed by atoms with Gasteiger partial charge in [0.15, 0.2) is 22.3 Å².